The van der Waals surface area contributed by atoms with E-state index in [4.69, 9.17) is 0 Å². The van der Waals surface area contributed by atoms with Crippen molar-refractivity contribution in [3.05, 3.63) is 47.4 Å². The second-order valence-electron chi connectivity index (χ2n) is 7.46. The van der Waals surface area contributed by atoms with E-state index in [9.17, 15) is 13.2 Å². The maximum absolute atomic E-state index is 12.7. The van der Waals surface area contributed by atoms with E-state index in [1.165, 1.54) is 23.5 Å². The third kappa shape index (κ3) is 4.19. The van der Waals surface area contributed by atoms with Crippen LogP contribution in [0.4, 0.5) is 10.6 Å². The van der Waals surface area contributed by atoms with Crippen molar-refractivity contribution in [1.29, 1.82) is 0 Å². The molecule has 0 unspecified atom stereocenters. The summed E-state index contributed by atoms with van der Waals surface area (Å²) < 4.78 is 27.2. The summed E-state index contributed by atoms with van der Waals surface area (Å²) in [4.78, 5) is 25.8. The van der Waals surface area contributed by atoms with Gasteiger partial charge in [-0.15, -0.1) is 0 Å². The Morgan fingerprint density at radius 3 is 2.48 bits per heavy atom. The first-order chi connectivity index (χ1) is 13.9. The molecule has 9 heteroatoms. The van der Waals surface area contributed by atoms with Crippen molar-refractivity contribution in [3.63, 3.8) is 0 Å². The molecule has 0 saturated carbocycles. The average Bonchev–Trinajstić information content (AvgIpc) is 2.73. The Morgan fingerprint density at radius 2 is 1.76 bits per heavy atom. The molecule has 0 radical (unpaired) electrons. The first-order valence-electron chi connectivity index (χ1n) is 9.92. The van der Waals surface area contributed by atoms with E-state index in [1.54, 1.807) is 18.2 Å². The van der Waals surface area contributed by atoms with Crippen molar-refractivity contribution < 1.29 is 13.2 Å². The Balaban J connectivity index is 1.55. The van der Waals surface area contributed by atoms with E-state index < -0.39 is 16.1 Å². The van der Waals surface area contributed by atoms with Crippen molar-refractivity contribution in [2.75, 3.05) is 24.5 Å². The highest BCUT2D eigenvalue weighted by Gasteiger charge is 2.29. The fourth-order valence-corrected chi connectivity index (χ4v) is 4.89. The fourth-order valence-electron chi connectivity index (χ4n) is 3.90. The van der Waals surface area contributed by atoms with Crippen LogP contribution in [-0.4, -0.2) is 49.0 Å². The largest absolute Gasteiger partial charge is 0.356 e. The number of amides is 2. The summed E-state index contributed by atoms with van der Waals surface area (Å²) in [5.74, 6) is 1.62. The Labute approximate surface area is 171 Å². The summed E-state index contributed by atoms with van der Waals surface area (Å²) in [6.07, 6.45) is 4.04. The summed E-state index contributed by atoms with van der Waals surface area (Å²) in [5.41, 5.74) is 1.88. The quantitative estimate of drug-likeness (QED) is 0.826. The summed E-state index contributed by atoms with van der Waals surface area (Å²) in [5, 5.41) is 0. The summed E-state index contributed by atoms with van der Waals surface area (Å²) in [6, 6.07) is 7.29. The van der Waals surface area contributed by atoms with E-state index >= 15 is 0 Å². The molecule has 0 aliphatic carbocycles. The number of anilines is 1. The smallest absolute Gasteiger partial charge is 0.331 e. The van der Waals surface area contributed by atoms with Crippen molar-refractivity contribution in [2.24, 2.45) is 0 Å². The molecule has 8 nitrogen and oxygen atoms in total. The van der Waals surface area contributed by atoms with E-state index in [0.717, 1.165) is 48.8 Å². The van der Waals surface area contributed by atoms with Crippen LogP contribution in [0, 0.1) is 6.92 Å². The number of hydrogen-bond donors (Lipinski definition) is 1. The molecule has 3 heterocycles. The van der Waals surface area contributed by atoms with Crippen molar-refractivity contribution in [2.45, 2.75) is 44.0 Å². The number of fused-ring (bicyclic) bond motifs is 1. The molecule has 0 atom stereocenters. The van der Waals surface area contributed by atoms with Gasteiger partial charge in [0.25, 0.3) is 10.0 Å². The van der Waals surface area contributed by atoms with Gasteiger partial charge in [0.15, 0.2) is 0 Å². The fraction of sp³-hybridized carbons (Fsp3) is 0.450. The number of piperidine rings is 1. The number of carbonyl (C=O) groups excluding carboxylic acids is 1. The van der Waals surface area contributed by atoms with Crippen LogP contribution >= 0.6 is 0 Å². The molecule has 2 aliphatic rings. The molecule has 4 rings (SSSR count). The van der Waals surface area contributed by atoms with Gasteiger partial charge in [0.05, 0.1) is 17.1 Å². The minimum absolute atomic E-state index is 0.0683. The second-order valence-corrected chi connectivity index (χ2v) is 9.15. The standard InChI is InChI=1S/C20H25N5O3S/c1-15-21-18-10-13-25(14-17(18)19(22-15)24-11-6-3-7-12-24)20(26)23-29(27,28)16-8-4-2-5-9-16/h2,4-5,8-9H,3,6-7,10-14H2,1H3,(H,23,26). The van der Waals surface area contributed by atoms with Crippen LogP contribution in [0.3, 0.4) is 0 Å². The van der Waals surface area contributed by atoms with Crippen molar-refractivity contribution in [1.82, 2.24) is 19.6 Å². The first kappa shape index (κ1) is 19.6. The van der Waals surface area contributed by atoms with Crippen LogP contribution in [0.5, 0.6) is 0 Å². The Hall–Kier alpha value is -2.68. The Kier molecular flexibility index (Phi) is 5.40. The van der Waals surface area contributed by atoms with Crippen LogP contribution < -0.4 is 9.62 Å². The summed E-state index contributed by atoms with van der Waals surface area (Å²) in [7, 11) is -3.91. The minimum Gasteiger partial charge on any atom is -0.356 e. The monoisotopic (exact) mass is 415 g/mol. The topological polar surface area (TPSA) is 95.5 Å². The predicted molar refractivity (Wildman–Crippen MR) is 109 cm³/mol. The number of hydrogen-bond acceptors (Lipinski definition) is 6. The molecule has 1 aromatic carbocycles. The molecule has 29 heavy (non-hydrogen) atoms. The highest BCUT2D eigenvalue weighted by molar-refractivity contribution is 7.90. The van der Waals surface area contributed by atoms with Crippen molar-refractivity contribution in [3.8, 4) is 0 Å². The lowest BCUT2D eigenvalue weighted by Crippen LogP contribution is -2.46. The van der Waals surface area contributed by atoms with E-state index in [1.807, 2.05) is 6.92 Å². The van der Waals surface area contributed by atoms with Gasteiger partial charge in [0.2, 0.25) is 0 Å². The molecule has 154 valence electrons. The van der Waals surface area contributed by atoms with Gasteiger partial charge in [-0.2, -0.15) is 0 Å². The molecular weight excluding hydrogens is 390 g/mol. The van der Waals surface area contributed by atoms with Gasteiger partial charge in [0.1, 0.15) is 11.6 Å². The summed E-state index contributed by atoms with van der Waals surface area (Å²) >= 11 is 0. The van der Waals surface area contributed by atoms with Crippen LogP contribution in [-0.2, 0) is 23.0 Å². The first-order valence-corrected chi connectivity index (χ1v) is 11.4. The number of aromatic nitrogens is 2. The maximum Gasteiger partial charge on any atom is 0.331 e. The molecule has 1 fully saturated rings. The maximum atomic E-state index is 12.7. The van der Waals surface area contributed by atoms with Crippen LogP contribution in [0.25, 0.3) is 0 Å². The average molecular weight is 416 g/mol. The zero-order valence-electron chi connectivity index (χ0n) is 16.5. The number of rotatable bonds is 3. The zero-order valence-corrected chi connectivity index (χ0v) is 17.3. The molecule has 0 bridgehead atoms. The van der Waals surface area contributed by atoms with Gasteiger partial charge in [0, 0.05) is 31.6 Å². The van der Waals surface area contributed by atoms with E-state index in [2.05, 4.69) is 19.6 Å². The molecular formula is C20H25N5O3S. The number of nitrogens with zero attached hydrogens (tertiary/aromatic N) is 4. The van der Waals surface area contributed by atoms with Crippen LogP contribution in [0.1, 0.15) is 36.3 Å². The number of sulfonamides is 1. The van der Waals surface area contributed by atoms with Gasteiger partial charge in [-0.05, 0) is 38.3 Å². The lowest BCUT2D eigenvalue weighted by Gasteiger charge is -2.34. The van der Waals surface area contributed by atoms with E-state index in [0.29, 0.717) is 19.5 Å². The van der Waals surface area contributed by atoms with Gasteiger partial charge in [-0.3, -0.25) is 0 Å². The second kappa shape index (κ2) is 7.98. The lowest BCUT2D eigenvalue weighted by atomic mass is 10.0. The van der Waals surface area contributed by atoms with Gasteiger partial charge in [-0.25, -0.2) is 27.9 Å². The van der Waals surface area contributed by atoms with Gasteiger partial charge in [-0.1, -0.05) is 18.2 Å². The van der Waals surface area contributed by atoms with E-state index in [-0.39, 0.29) is 4.90 Å². The van der Waals surface area contributed by atoms with Gasteiger partial charge >= 0.3 is 6.03 Å². The SMILES string of the molecule is Cc1nc2c(c(N3CCCCC3)n1)CN(C(=O)NS(=O)(=O)c1ccccc1)CC2. The minimum atomic E-state index is -3.91. The predicted octanol–water partition coefficient (Wildman–Crippen LogP) is 2.23. The normalized spacial score (nSPS) is 17.0. The lowest BCUT2D eigenvalue weighted by molar-refractivity contribution is 0.197. The highest BCUT2D eigenvalue weighted by Crippen LogP contribution is 2.28. The Morgan fingerprint density at radius 1 is 1.03 bits per heavy atom. The third-order valence-corrected chi connectivity index (χ3v) is 6.70. The van der Waals surface area contributed by atoms with Crippen LogP contribution in [0.15, 0.2) is 35.2 Å². The summed E-state index contributed by atoms with van der Waals surface area (Å²) in [6.45, 7) is 4.49. The number of aryl methyl sites for hydroxylation is 1. The molecule has 1 saturated heterocycles. The highest BCUT2D eigenvalue weighted by atomic mass is 32.2. The van der Waals surface area contributed by atoms with Gasteiger partial charge < -0.3 is 9.80 Å². The molecule has 2 amide bonds. The van der Waals surface area contributed by atoms with Crippen LogP contribution in [0.2, 0.25) is 0 Å². The third-order valence-electron chi connectivity index (χ3n) is 5.37. The molecule has 2 aromatic rings. The molecule has 2 aliphatic heterocycles. The number of nitrogens with one attached hydrogen (secondary N) is 1. The van der Waals surface area contributed by atoms with Crippen molar-refractivity contribution >= 4 is 21.9 Å². The number of urea groups is 1. The zero-order chi connectivity index (χ0) is 20.4. The molecule has 0 spiro atoms. The molecule has 1 N–H and O–H groups in total. The Bertz CT molecular complexity index is 1000. The number of benzene rings is 1. The molecule has 1 aromatic heterocycles. The number of carbonyl (C=O) groups is 1.